The lowest BCUT2D eigenvalue weighted by atomic mass is 10.1. The Hall–Kier alpha value is -2.02. The molecule has 112 valence electrons. The van der Waals surface area contributed by atoms with Crippen LogP contribution in [0, 0.1) is 6.92 Å². The summed E-state index contributed by atoms with van der Waals surface area (Å²) in [5, 5.41) is 0. The van der Waals surface area contributed by atoms with Crippen molar-refractivity contribution in [2.75, 3.05) is 6.54 Å². The first-order chi connectivity index (χ1) is 9.84. The molecular formula is C15H17NO4S. The number of rotatable bonds is 3. The highest BCUT2D eigenvalue weighted by molar-refractivity contribution is 7.85. The van der Waals surface area contributed by atoms with Gasteiger partial charge in [0.2, 0.25) is 0 Å². The molecule has 2 rings (SSSR count). The summed E-state index contributed by atoms with van der Waals surface area (Å²) >= 11 is 0. The lowest BCUT2D eigenvalue weighted by Gasteiger charge is -1.95. The minimum absolute atomic E-state index is 0.0133. The van der Waals surface area contributed by atoms with Gasteiger partial charge in [0.15, 0.2) is 5.78 Å². The fourth-order valence-electron chi connectivity index (χ4n) is 1.45. The second kappa shape index (κ2) is 7.68. The molecule has 3 N–H and O–H groups in total. The molecule has 6 heteroatoms. The molecule has 0 aromatic heterocycles. The molecule has 21 heavy (non-hydrogen) atoms. The molecule has 0 atom stereocenters. The number of benzene rings is 2. The third-order valence-electron chi connectivity index (χ3n) is 2.60. The fourth-order valence-corrected chi connectivity index (χ4v) is 1.93. The molecule has 2 aromatic rings. The highest BCUT2D eigenvalue weighted by Crippen LogP contribution is 2.08. The molecule has 0 spiro atoms. The average molecular weight is 307 g/mol. The molecule has 0 heterocycles. The summed E-state index contributed by atoms with van der Waals surface area (Å²) in [5.74, 6) is -0.0133. The molecule has 0 aliphatic rings. The van der Waals surface area contributed by atoms with E-state index in [1.165, 1.54) is 12.1 Å². The van der Waals surface area contributed by atoms with Crippen molar-refractivity contribution in [3.8, 4) is 0 Å². The van der Waals surface area contributed by atoms with Gasteiger partial charge in [0.05, 0.1) is 11.4 Å². The van der Waals surface area contributed by atoms with Crippen molar-refractivity contribution in [3.63, 3.8) is 0 Å². The number of aryl methyl sites for hydroxylation is 1. The summed E-state index contributed by atoms with van der Waals surface area (Å²) in [6.07, 6.45) is 0. The Morgan fingerprint density at radius 2 is 1.57 bits per heavy atom. The van der Waals surface area contributed by atoms with Gasteiger partial charge in [-0.15, -0.1) is 0 Å². The molecule has 0 aliphatic carbocycles. The monoisotopic (exact) mass is 307 g/mol. The minimum Gasteiger partial charge on any atom is -0.324 e. The van der Waals surface area contributed by atoms with E-state index in [-0.39, 0.29) is 17.2 Å². The van der Waals surface area contributed by atoms with E-state index in [9.17, 15) is 13.2 Å². The van der Waals surface area contributed by atoms with E-state index in [2.05, 4.69) is 0 Å². The average Bonchev–Trinajstić information content (AvgIpc) is 2.47. The van der Waals surface area contributed by atoms with E-state index in [0.717, 1.165) is 5.56 Å². The minimum atomic E-state index is -4.02. The summed E-state index contributed by atoms with van der Waals surface area (Å²) in [6, 6.07) is 15.0. The van der Waals surface area contributed by atoms with Crippen LogP contribution in [0.2, 0.25) is 0 Å². The number of ketones is 1. The fraction of sp³-hybridized carbons (Fsp3) is 0.133. The summed E-state index contributed by atoms with van der Waals surface area (Å²) in [7, 11) is -4.02. The topological polar surface area (TPSA) is 97.5 Å². The highest BCUT2D eigenvalue weighted by atomic mass is 32.2. The Labute approximate surface area is 124 Å². The normalized spacial score (nSPS) is 10.4. The Kier molecular flexibility index (Phi) is 6.23. The van der Waals surface area contributed by atoms with Gasteiger partial charge >= 0.3 is 0 Å². The third-order valence-corrected chi connectivity index (χ3v) is 3.47. The van der Waals surface area contributed by atoms with Gasteiger partial charge in [-0.2, -0.15) is 8.42 Å². The summed E-state index contributed by atoms with van der Waals surface area (Å²) in [5.41, 5.74) is 6.80. The molecule has 0 radical (unpaired) electrons. The predicted molar refractivity (Wildman–Crippen MR) is 80.8 cm³/mol. The van der Waals surface area contributed by atoms with Crippen LogP contribution in [0.25, 0.3) is 0 Å². The predicted octanol–water partition coefficient (Wildman–Crippen LogP) is 2.07. The lowest BCUT2D eigenvalue weighted by molar-refractivity contribution is 0.100. The van der Waals surface area contributed by atoms with Crippen LogP contribution in [0.1, 0.15) is 15.9 Å². The SMILES string of the molecule is Cc1ccc(S(=O)(=O)O)cc1.NCC(=O)c1ccccc1. The van der Waals surface area contributed by atoms with E-state index >= 15 is 0 Å². The third kappa shape index (κ3) is 5.86. The molecule has 0 bridgehead atoms. The van der Waals surface area contributed by atoms with Gasteiger partial charge in [0.25, 0.3) is 10.1 Å². The molecule has 0 fully saturated rings. The van der Waals surface area contributed by atoms with E-state index < -0.39 is 10.1 Å². The highest BCUT2D eigenvalue weighted by Gasteiger charge is 2.06. The molecule has 0 unspecified atom stereocenters. The second-order valence-corrected chi connectivity index (χ2v) is 5.70. The van der Waals surface area contributed by atoms with Crippen molar-refractivity contribution in [3.05, 3.63) is 65.7 Å². The first-order valence-corrected chi connectivity index (χ1v) is 7.61. The van der Waals surface area contributed by atoms with Gasteiger partial charge in [-0.3, -0.25) is 9.35 Å². The van der Waals surface area contributed by atoms with Crippen molar-refractivity contribution in [1.29, 1.82) is 0 Å². The largest absolute Gasteiger partial charge is 0.324 e. The number of hydrogen-bond donors (Lipinski definition) is 2. The standard InChI is InChI=1S/C8H9NO.C7H8O3S/c9-6-8(10)7-4-2-1-3-5-7;1-6-2-4-7(5-3-6)11(8,9)10/h1-5H,6,9H2;2-5H,1H3,(H,8,9,10). The maximum atomic E-state index is 10.9. The van der Waals surface area contributed by atoms with E-state index in [1.807, 2.05) is 25.1 Å². The van der Waals surface area contributed by atoms with Gasteiger partial charge in [-0.1, -0.05) is 48.0 Å². The Morgan fingerprint density at radius 3 is 2.00 bits per heavy atom. The van der Waals surface area contributed by atoms with Crippen LogP contribution in [0.5, 0.6) is 0 Å². The lowest BCUT2D eigenvalue weighted by Crippen LogP contribution is -2.12. The zero-order valence-corrected chi connectivity index (χ0v) is 12.4. The van der Waals surface area contributed by atoms with Gasteiger partial charge in [0, 0.05) is 5.56 Å². The smallest absolute Gasteiger partial charge is 0.294 e. The Balaban J connectivity index is 0.000000211. The zero-order valence-electron chi connectivity index (χ0n) is 11.6. The molecule has 0 saturated heterocycles. The van der Waals surface area contributed by atoms with E-state index in [1.54, 1.807) is 24.3 Å². The van der Waals surface area contributed by atoms with E-state index in [4.69, 9.17) is 10.3 Å². The van der Waals surface area contributed by atoms with Gasteiger partial charge < -0.3 is 5.73 Å². The van der Waals surface area contributed by atoms with Gasteiger partial charge in [0.1, 0.15) is 0 Å². The Bertz CT molecular complexity index is 679. The van der Waals surface area contributed by atoms with Gasteiger partial charge in [-0.25, -0.2) is 0 Å². The number of carbonyl (C=O) groups is 1. The van der Waals surface area contributed by atoms with Crippen LogP contribution in [-0.2, 0) is 10.1 Å². The number of Topliss-reactive ketones (excluding diaryl/α,β-unsaturated/α-hetero) is 1. The number of carbonyl (C=O) groups excluding carboxylic acids is 1. The summed E-state index contributed by atoms with van der Waals surface area (Å²) in [4.78, 5) is 10.8. The maximum Gasteiger partial charge on any atom is 0.294 e. The first-order valence-electron chi connectivity index (χ1n) is 6.17. The maximum absolute atomic E-state index is 10.9. The van der Waals surface area contributed by atoms with Crippen LogP contribution in [0.3, 0.4) is 0 Å². The molecule has 0 aliphatic heterocycles. The van der Waals surface area contributed by atoms with E-state index in [0.29, 0.717) is 5.56 Å². The first kappa shape index (κ1) is 17.0. The second-order valence-electron chi connectivity index (χ2n) is 4.28. The van der Waals surface area contributed by atoms with Crippen molar-refractivity contribution >= 4 is 15.9 Å². The molecule has 0 saturated carbocycles. The number of hydrogen-bond acceptors (Lipinski definition) is 4. The van der Waals surface area contributed by atoms with Crippen LogP contribution in [0.4, 0.5) is 0 Å². The van der Waals surface area contributed by atoms with Crippen molar-refractivity contribution in [2.45, 2.75) is 11.8 Å². The van der Waals surface area contributed by atoms with Crippen molar-refractivity contribution < 1.29 is 17.8 Å². The van der Waals surface area contributed by atoms with Crippen molar-refractivity contribution in [2.24, 2.45) is 5.73 Å². The summed E-state index contributed by atoms with van der Waals surface area (Å²) in [6.45, 7) is 1.93. The molecule has 0 amide bonds. The van der Waals surface area contributed by atoms with Crippen LogP contribution in [0.15, 0.2) is 59.5 Å². The quantitative estimate of drug-likeness (QED) is 0.668. The molecule has 5 nitrogen and oxygen atoms in total. The van der Waals surface area contributed by atoms with Gasteiger partial charge in [-0.05, 0) is 19.1 Å². The van der Waals surface area contributed by atoms with Crippen LogP contribution in [-0.4, -0.2) is 25.3 Å². The molecular weight excluding hydrogens is 290 g/mol. The van der Waals surface area contributed by atoms with Crippen LogP contribution >= 0.6 is 0 Å². The van der Waals surface area contributed by atoms with Crippen LogP contribution < -0.4 is 5.73 Å². The Morgan fingerprint density at radius 1 is 1.05 bits per heavy atom. The number of nitrogens with two attached hydrogens (primary N) is 1. The summed E-state index contributed by atoms with van der Waals surface area (Å²) < 4.78 is 29.6. The molecule has 2 aromatic carbocycles. The zero-order chi connectivity index (χ0) is 15.9. The van der Waals surface area contributed by atoms with Crippen molar-refractivity contribution in [1.82, 2.24) is 0 Å².